The van der Waals surface area contributed by atoms with Crippen molar-refractivity contribution >= 4 is 50.0 Å². The van der Waals surface area contributed by atoms with Crippen LogP contribution in [0.4, 0.5) is 0 Å². The molecule has 9 heteroatoms. The summed E-state index contributed by atoms with van der Waals surface area (Å²) < 4.78 is 27.9. The number of hydrogen-bond acceptors (Lipinski definition) is 4. The first-order chi connectivity index (χ1) is 13.7. The first kappa shape index (κ1) is 21.6. The van der Waals surface area contributed by atoms with Gasteiger partial charge in [0.1, 0.15) is 0 Å². The van der Waals surface area contributed by atoms with Crippen molar-refractivity contribution in [2.24, 2.45) is 0 Å². The van der Waals surface area contributed by atoms with Crippen LogP contribution in [0, 0.1) is 6.92 Å². The highest BCUT2D eigenvalue weighted by molar-refractivity contribution is 7.90. The van der Waals surface area contributed by atoms with E-state index in [2.05, 4.69) is 9.82 Å². The highest BCUT2D eigenvalue weighted by atomic mass is 35.5. The molecule has 0 bridgehead atoms. The molecule has 29 heavy (non-hydrogen) atoms. The minimum Gasteiger partial charge on any atom is -0.268 e. The van der Waals surface area contributed by atoms with Gasteiger partial charge in [-0.05, 0) is 43.2 Å². The van der Waals surface area contributed by atoms with Crippen molar-refractivity contribution in [2.45, 2.75) is 33.2 Å². The van der Waals surface area contributed by atoms with E-state index in [1.54, 1.807) is 35.0 Å². The number of unbranched alkanes of at least 4 members (excludes halogenated alkanes) is 1. The van der Waals surface area contributed by atoms with Crippen molar-refractivity contribution < 1.29 is 13.2 Å². The maximum Gasteiger partial charge on any atom is 0.264 e. The van der Waals surface area contributed by atoms with Gasteiger partial charge in [0.25, 0.3) is 5.91 Å². The van der Waals surface area contributed by atoms with Gasteiger partial charge in [-0.15, -0.1) is 0 Å². The zero-order valence-corrected chi connectivity index (χ0v) is 18.4. The van der Waals surface area contributed by atoms with Crippen molar-refractivity contribution in [3.63, 3.8) is 0 Å². The van der Waals surface area contributed by atoms with Crippen LogP contribution in [0.2, 0.25) is 10.0 Å². The van der Waals surface area contributed by atoms with E-state index in [9.17, 15) is 13.2 Å². The summed E-state index contributed by atoms with van der Waals surface area (Å²) in [6.45, 7) is 4.15. The molecular weight excluding hydrogens is 433 g/mol. The van der Waals surface area contributed by atoms with E-state index in [-0.39, 0.29) is 11.3 Å². The van der Waals surface area contributed by atoms with Crippen molar-refractivity contribution in [1.82, 2.24) is 14.5 Å². The molecule has 0 fully saturated rings. The number of aryl methyl sites for hydroxylation is 1. The zero-order chi connectivity index (χ0) is 21.2. The predicted octanol–water partition coefficient (Wildman–Crippen LogP) is 4.56. The molecule has 154 valence electrons. The highest BCUT2D eigenvalue weighted by Crippen LogP contribution is 2.25. The third kappa shape index (κ3) is 5.10. The fourth-order valence-electron chi connectivity index (χ4n) is 3.00. The Balaban J connectivity index is 1.92. The van der Waals surface area contributed by atoms with E-state index >= 15 is 0 Å². The Bertz CT molecular complexity index is 1170. The molecule has 3 aromatic rings. The van der Waals surface area contributed by atoms with Crippen LogP contribution in [0.25, 0.3) is 10.9 Å². The van der Waals surface area contributed by atoms with Crippen molar-refractivity contribution in [2.75, 3.05) is 5.75 Å². The average Bonchev–Trinajstić information content (AvgIpc) is 2.97. The molecule has 0 radical (unpaired) electrons. The minimum absolute atomic E-state index is 0.0798. The molecule has 0 atom stereocenters. The molecule has 0 unspecified atom stereocenters. The summed E-state index contributed by atoms with van der Waals surface area (Å²) in [7, 11) is -3.66. The second-order valence-corrected chi connectivity index (χ2v) is 9.50. The lowest BCUT2D eigenvalue weighted by atomic mass is 10.1. The first-order valence-corrected chi connectivity index (χ1v) is 11.6. The first-order valence-electron chi connectivity index (χ1n) is 9.16. The summed E-state index contributed by atoms with van der Waals surface area (Å²) in [5.41, 5.74) is 2.60. The Morgan fingerprint density at radius 1 is 1.17 bits per heavy atom. The van der Waals surface area contributed by atoms with Gasteiger partial charge in [0.2, 0.25) is 10.0 Å². The molecule has 1 aromatic heterocycles. The van der Waals surface area contributed by atoms with Gasteiger partial charge < -0.3 is 0 Å². The number of rotatable bonds is 7. The molecule has 1 N–H and O–H groups in total. The maximum absolute atomic E-state index is 12.5. The van der Waals surface area contributed by atoms with Gasteiger partial charge in [-0.3, -0.25) is 9.48 Å². The van der Waals surface area contributed by atoms with Crippen LogP contribution in [-0.2, 0) is 16.6 Å². The Morgan fingerprint density at radius 3 is 2.62 bits per heavy atom. The van der Waals surface area contributed by atoms with Gasteiger partial charge in [-0.25, -0.2) is 13.1 Å². The van der Waals surface area contributed by atoms with Gasteiger partial charge in [0, 0.05) is 21.0 Å². The Morgan fingerprint density at radius 2 is 1.93 bits per heavy atom. The molecule has 2 aromatic carbocycles. The van der Waals surface area contributed by atoms with E-state index in [0.717, 1.165) is 23.1 Å². The fourth-order valence-corrected chi connectivity index (χ4v) is 4.64. The molecular formula is C20H21Cl2N3O3S. The quantitative estimate of drug-likeness (QED) is 0.568. The number of nitrogens with zero attached hydrogens (tertiary/aromatic N) is 2. The van der Waals surface area contributed by atoms with Crippen LogP contribution in [0.5, 0.6) is 0 Å². The summed E-state index contributed by atoms with van der Waals surface area (Å²) in [4.78, 5) is 12.5. The lowest BCUT2D eigenvalue weighted by Crippen LogP contribution is -2.32. The van der Waals surface area contributed by atoms with Crippen LogP contribution in [0.15, 0.2) is 36.4 Å². The lowest BCUT2D eigenvalue weighted by Gasteiger charge is -2.09. The molecule has 0 aliphatic heterocycles. The van der Waals surface area contributed by atoms with Gasteiger partial charge in [0.15, 0.2) is 0 Å². The molecule has 0 saturated heterocycles. The molecule has 0 aliphatic carbocycles. The summed E-state index contributed by atoms with van der Waals surface area (Å²) >= 11 is 12.2. The lowest BCUT2D eigenvalue weighted by molar-refractivity contribution is 0.0981. The monoisotopic (exact) mass is 453 g/mol. The van der Waals surface area contributed by atoms with Gasteiger partial charge in [-0.1, -0.05) is 48.7 Å². The SMILES string of the molecule is CCCCS(=O)(=O)NC(=O)c1ccc2c(C)nn(Cc3ccc(Cl)cc3Cl)c2c1. The standard InChI is InChI=1S/C20H21Cl2N3O3S/c1-3-4-9-29(27,28)24-20(26)14-6-8-17-13(2)23-25(19(17)10-14)12-15-5-7-16(21)11-18(15)22/h5-8,10-11H,3-4,9,12H2,1-2H3,(H,24,26). The summed E-state index contributed by atoms with van der Waals surface area (Å²) in [6.07, 6.45) is 1.22. The number of aromatic nitrogens is 2. The zero-order valence-electron chi connectivity index (χ0n) is 16.1. The van der Waals surface area contributed by atoms with Crippen molar-refractivity contribution in [3.05, 3.63) is 63.3 Å². The molecule has 0 saturated carbocycles. The Hall–Kier alpha value is -2.09. The number of carbonyl (C=O) groups is 1. The smallest absolute Gasteiger partial charge is 0.264 e. The number of carbonyl (C=O) groups excluding carboxylic acids is 1. The fraction of sp³-hybridized carbons (Fsp3) is 0.300. The van der Waals surface area contributed by atoms with Crippen LogP contribution in [0.1, 0.15) is 41.4 Å². The number of amides is 1. The summed E-state index contributed by atoms with van der Waals surface area (Å²) in [5, 5.41) is 6.48. The molecule has 0 aliphatic rings. The van der Waals surface area contributed by atoms with Crippen molar-refractivity contribution in [1.29, 1.82) is 0 Å². The number of fused-ring (bicyclic) bond motifs is 1. The van der Waals surface area contributed by atoms with Crippen LogP contribution in [-0.4, -0.2) is 29.9 Å². The van der Waals surface area contributed by atoms with Crippen molar-refractivity contribution in [3.8, 4) is 0 Å². The molecule has 0 spiro atoms. The van der Waals surface area contributed by atoms with Gasteiger partial charge >= 0.3 is 0 Å². The molecule has 6 nitrogen and oxygen atoms in total. The Labute approximate surface area is 179 Å². The van der Waals surface area contributed by atoms with Crippen LogP contribution < -0.4 is 4.72 Å². The predicted molar refractivity (Wildman–Crippen MR) is 116 cm³/mol. The largest absolute Gasteiger partial charge is 0.268 e. The van der Waals surface area contributed by atoms with E-state index in [1.165, 1.54) is 0 Å². The van der Waals surface area contributed by atoms with E-state index < -0.39 is 15.9 Å². The minimum atomic E-state index is -3.66. The van der Waals surface area contributed by atoms with E-state index in [1.807, 2.05) is 19.9 Å². The molecule has 3 rings (SSSR count). The number of benzene rings is 2. The van der Waals surface area contributed by atoms with E-state index in [0.29, 0.717) is 28.5 Å². The number of sulfonamides is 1. The molecule has 1 amide bonds. The molecule has 1 heterocycles. The van der Waals surface area contributed by atoms with Crippen LogP contribution >= 0.6 is 23.2 Å². The Kier molecular flexibility index (Phi) is 6.51. The summed E-state index contributed by atoms with van der Waals surface area (Å²) in [5.74, 6) is -0.734. The third-order valence-corrected chi connectivity index (χ3v) is 6.46. The summed E-state index contributed by atoms with van der Waals surface area (Å²) in [6, 6.07) is 10.2. The number of halogens is 2. The second kappa shape index (κ2) is 8.73. The third-order valence-electron chi connectivity index (χ3n) is 4.55. The number of nitrogens with one attached hydrogen (secondary N) is 1. The van der Waals surface area contributed by atoms with E-state index in [4.69, 9.17) is 23.2 Å². The topological polar surface area (TPSA) is 81.1 Å². The second-order valence-electron chi connectivity index (χ2n) is 6.81. The normalized spacial score (nSPS) is 11.7. The maximum atomic E-state index is 12.5. The highest BCUT2D eigenvalue weighted by Gasteiger charge is 2.18. The van der Waals surface area contributed by atoms with Gasteiger partial charge in [0.05, 0.1) is 23.5 Å². The van der Waals surface area contributed by atoms with Crippen LogP contribution in [0.3, 0.4) is 0 Å². The van der Waals surface area contributed by atoms with Gasteiger partial charge in [-0.2, -0.15) is 5.10 Å². The average molecular weight is 454 g/mol. The number of hydrogen-bond donors (Lipinski definition) is 1.